The molecule has 206 valence electrons. The Bertz CT molecular complexity index is 1270. The number of carbonyl (C=O) groups is 1. The van der Waals surface area contributed by atoms with Crippen LogP contribution in [0.3, 0.4) is 0 Å². The van der Waals surface area contributed by atoms with Crippen LogP contribution in [0.15, 0.2) is 78.9 Å². The third kappa shape index (κ3) is 5.10. The zero-order chi connectivity index (χ0) is 27.6. The van der Waals surface area contributed by atoms with Crippen molar-refractivity contribution in [1.29, 1.82) is 0 Å². The summed E-state index contributed by atoms with van der Waals surface area (Å²) in [7, 11) is 3.32. The fourth-order valence-electron chi connectivity index (χ4n) is 6.69. The molecule has 1 aliphatic carbocycles. The van der Waals surface area contributed by atoms with Crippen molar-refractivity contribution in [1.82, 2.24) is 4.90 Å². The smallest absolute Gasteiger partial charge is 0.161 e. The van der Waals surface area contributed by atoms with E-state index in [1.165, 1.54) is 0 Å². The monoisotopic (exact) mass is 527 g/mol. The van der Waals surface area contributed by atoms with Gasteiger partial charge in [-0.25, -0.2) is 0 Å². The molecule has 0 amide bonds. The highest BCUT2D eigenvalue weighted by atomic mass is 16.5. The molecule has 1 saturated heterocycles. The zero-order valence-corrected chi connectivity index (χ0v) is 23.9. The van der Waals surface area contributed by atoms with E-state index in [9.17, 15) is 4.79 Å². The lowest BCUT2D eigenvalue weighted by Crippen LogP contribution is -2.70. The Labute approximate surface area is 233 Å². The van der Waals surface area contributed by atoms with Gasteiger partial charge in [0.2, 0.25) is 0 Å². The van der Waals surface area contributed by atoms with Crippen LogP contribution in [0.25, 0.3) is 0 Å². The lowest BCUT2D eigenvalue weighted by Gasteiger charge is -2.64. The van der Waals surface area contributed by atoms with Gasteiger partial charge in [0, 0.05) is 24.4 Å². The molecule has 1 aliphatic heterocycles. The first kappa shape index (κ1) is 27.4. The average Bonchev–Trinajstić information content (AvgIpc) is 2.93. The van der Waals surface area contributed by atoms with E-state index in [-0.39, 0.29) is 17.5 Å². The van der Waals surface area contributed by atoms with Gasteiger partial charge in [0.15, 0.2) is 11.5 Å². The summed E-state index contributed by atoms with van der Waals surface area (Å²) in [5.41, 5.74) is 2.41. The van der Waals surface area contributed by atoms with E-state index >= 15 is 0 Å². The predicted molar refractivity (Wildman–Crippen MR) is 154 cm³/mol. The Hall–Kier alpha value is -3.15. The number of benzene rings is 3. The van der Waals surface area contributed by atoms with Crippen molar-refractivity contribution in [2.75, 3.05) is 20.8 Å². The summed E-state index contributed by atoms with van der Waals surface area (Å²) in [6.45, 7) is 7.86. The molecule has 0 N–H and O–H groups in total. The molecule has 5 nitrogen and oxygen atoms in total. The van der Waals surface area contributed by atoms with Crippen molar-refractivity contribution in [3.05, 3.63) is 95.6 Å². The predicted octanol–water partition coefficient (Wildman–Crippen LogP) is 6.96. The van der Waals surface area contributed by atoms with Crippen LogP contribution in [0.1, 0.15) is 62.8 Å². The van der Waals surface area contributed by atoms with Gasteiger partial charge in [-0.15, -0.1) is 0 Å². The molecule has 0 aromatic heterocycles. The maximum atomic E-state index is 13.4. The van der Waals surface area contributed by atoms with Crippen molar-refractivity contribution >= 4 is 5.78 Å². The average molecular weight is 528 g/mol. The number of nitrogens with zero attached hydrogens (tertiary/aromatic N) is 1. The van der Waals surface area contributed by atoms with Crippen LogP contribution >= 0.6 is 0 Å². The van der Waals surface area contributed by atoms with Crippen LogP contribution in [-0.2, 0) is 21.7 Å². The fraction of sp³-hybridized carbons (Fsp3) is 0.441. The minimum absolute atomic E-state index is 0.0146. The number of ether oxygens (including phenoxy) is 3. The van der Waals surface area contributed by atoms with E-state index in [0.717, 1.165) is 29.5 Å². The number of rotatable bonds is 9. The van der Waals surface area contributed by atoms with Crippen LogP contribution in [0, 0.1) is 11.8 Å². The Balaban J connectivity index is 1.60. The lowest BCUT2D eigenvalue weighted by molar-refractivity contribution is -0.240. The van der Waals surface area contributed by atoms with Crippen LogP contribution < -0.4 is 9.47 Å². The van der Waals surface area contributed by atoms with Crippen LogP contribution in [0.2, 0.25) is 0 Å². The minimum Gasteiger partial charge on any atom is -0.493 e. The molecule has 0 radical (unpaired) electrons. The van der Waals surface area contributed by atoms with Crippen LogP contribution in [0.4, 0.5) is 0 Å². The molecule has 0 unspecified atom stereocenters. The molecule has 2 aliphatic rings. The van der Waals surface area contributed by atoms with Crippen molar-refractivity contribution in [3.8, 4) is 11.5 Å². The number of carbonyl (C=O) groups excluding carboxylic acids is 1. The first-order valence-corrected chi connectivity index (χ1v) is 14.0. The molecule has 0 bridgehead atoms. The topological polar surface area (TPSA) is 48.0 Å². The number of hydrogen-bond donors (Lipinski definition) is 0. The molecule has 5 heteroatoms. The number of hydrogen-bond acceptors (Lipinski definition) is 5. The van der Waals surface area contributed by atoms with Crippen LogP contribution in [0.5, 0.6) is 11.5 Å². The van der Waals surface area contributed by atoms with E-state index in [2.05, 4.69) is 74.2 Å². The van der Waals surface area contributed by atoms with Crippen molar-refractivity contribution in [2.24, 2.45) is 11.8 Å². The van der Waals surface area contributed by atoms with Gasteiger partial charge in [0.25, 0.3) is 0 Å². The summed E-state index contributed by atoms with van der Waals surface area (Å²) in [6, 6.07) is 26.9. The third-order valence-electron chi connectivity index (χ3n) is 8.96. The molecule has 1 heterocycles. The Morgan fingerprint density at radius 2 is 1.56 bits per heavy atom. The summed E-state index contributed by atoms with van der Waals surface area (Å²) in [4.78, 5) is 15.9. The molecule has 2 fully saturated rings. The van der Waals surface area contributed by atoms with Gasteiger partial charge in [-0.05, 0) is 61.4 Å². The first-order valence-electron chi connectivity index (χ1n) is 14.0. The Kier molecular flexibility index (Phi) is 7.84. The molecule has 3 aromatic carbocycles. The van der Waals surface area contributed by atoms with Gasteiger partial charge >= 0.3 is 0 Å². The van der Waals surface area contributed by atoms with E-state index in [1.54, 1.807) is 14.2 Å². The highest BCUT2D eigenvalue weighted by Gasteiger charge is 2.61. The van der Waals surface area contributed by atoms with E-state index < -0.39 is 5.60 Å². The Morgan fingerprint density at radius 1 is 0.897 bits per heavy atom. The van der Waals surface area contributed by atoms with Gasteiger partial charge in [0.05, 0.1) is 26.9 Å². The molecule has 5 rings (SSSR count). The molecule has 4 atom stereocenters. The fourth-order valence-corrected chi connectivity index (χ4v) is 6.69. The van der Waals surface area contributed by atoms with Gasteiger partial charge in [0.1, 0.15) is 11.4 Å². The lowest BCUT2D eigenvalue weighted by atomic mass is 9.65. The number of likely N-dealkylation sites (tertiary alicyclic amines) is 1. The molecule has 0 spiro atoms. The van der Waals surface area contributed by atoms with E-state index in [1.807, 2.05) is 30.3 Å². The highest BCUT2D eigenvalue weighted by molar-refractivity contribution is 5.83. The van der Waals surface area contributed by atoms with Crippen molar-refractivity contribution < 1.29 is 19.0 Å². The van der Waals surface area contributed by atoms with Crippen molar-refractivity contribution in [3.63, 3.8) is 0 Å². The summed E-state index contributed by atoms with van der Waals surface area (Å²) in [6.07, 6.45) is 2.67. The standard InChI is InChI=1S/C34H41NO4/c1-24-16-18-28(29(36)20-24)33(2,3)35-23-34(27-14-10-7-11-15-27,39-22-25-12-8-6-9-13-25)32(35)26-17-19-30(37-4)31(21-26)38-5/h6-15,17,19,21,24,28,32H,16,18,20,22-23H2,1-5H3/t24-,28-,32+,34+/m1/s1. The number of methoxy groups -OCH3 is 2. The summed E-state index contributed by atoms with van der Waals surface area (Å²) < 4.78 is 18.3. The molecule has 3 aromatic rings. The van der Waals surface area contributed by atoms with Gasteiger partial charge in [-0.1, -0.05) is 73.7 Å². The van der Waals surface area contributed by atoms with E-state index in [4.69, 9.17) is 14.2 Å². The second-order valence-electron chi connectivity index (χ2n) is 11.7. The third-order valence-corrected chi connectivity index (χ3v) is 8.96. The quantitative estimate of drug-likeness (QED) is 0.301. The molecule has 39 heavy (non-hydrogen) atoms. The summed E-state index contributed by atoms with van der Waals surface area (Å²) >= 11 is 0. The van der Waals surface area contributed by atoms with Gasteiger partial charge < -0.3 is 14.2 Å². The van der Waals surface area contributed by atoms with Gasteiger partial charge in [-0.3, -0.25) is 9.69 Å². The largest absolute Gasteiger partial charge is 0.493 e. The molecular weight excluding hydrogens is 486 g/mol. The minimum atomic E-state index is -0.598. The first-order chi connectivity index (χ1) is 18.8. The second kappa shape index (κ2) is 11.1. The normalized spacial score (nSPS) is 25.7. The summed E-state index contributed by atoms with van der Waals surface area (Å²) in [5, 5.41) is 0. The van der Waals surface area contributed by atoms with E-state index in [0.29, 0.717) is 42.8 Å². The second-order valence-corrected chi connectivity index (χ2v) is 11.7. The maximum Gasteiger partial charge on any atom is 0.161 e. The zero-order valence-electron chi connectivity index (χ0n) is 23.9. The number of ketones is 1. The molecule has 1 saturated carbocycles. The number of Topliss-reactive ketones (excluding diaryl/α,β-unsaturated/α-hetero) is 1. The summed E-state index contributed by atoms with van der Waals surface area (Å²) in [5.74, 6) is 2.21. The Morgan fingerprint density at radius 3 is 2.21 bits per heavy atom. The maximum absolute atomic E-state index is 13.4. The highest BCUT2D eigenvalue weighted by Crippen LogP contribution is 2.57. The molecular formula is C34H41NO4. The van der Waals surface area contributed by atoms with Gasteiger partial charge in [-0.2, -0.15) is 0 Å². The SMILES string of the molecule is COc1ccc([C@@H]2N(C(C)(C)[C@@H]3CC[C@@H](C)CC3=O)C[C@]2(OCc2ccccc2)c2ccccc2)cc1OC. The van der Waals surface area contributed by atoms with Crippen molar-refractivity contribution in [2.45, 2.75) is 63.8 Å². The van der Waals surface area contributed by atoms with Crippen LogP contribution in [-0.4, -0.2) is 37.0 Å².